The number of halogens is 5. The second-order valence-corrected chi connectivity index (χ2v) is 7.05. The predicted molar refractivity (Wildman–Crippen MR) is 78.6 cm³/mol. The van der Waals surface area contributed by atoms with Crippen molar-refractivity contribution < 1.29 is 23.4 Å². The van der Waals surface area contributed by atoms with Gasteiger partial charge in [0, 0.05) is 6.07 Å². The van der Waals surface area contributed by atoms with E-state index in [0.717, 1.165) is 6.08 Å². The van der Waals surface area contributed by atoms with Crippen molar-refractivity contribution in [2.75, 3.05) is 0 Å². The van der Waals surface area contributed by atoms with Crippen LogP contribution in [-0.4, -0.2) is 25.0 Å². The first-order chi connectivity index (χ1) is 10.4. The molecule has 0 saturated heterocycles. The zero-order valence-electron chi connectivity index (χ0n) is 10.3. The first-order valence-electron chi connectivity index (χ1n) is 5.09. The Morgan fingerprint density at radius 3 is 2.13 bits per heavy atom. The molecule has 1 aromatic carbocycles. The molecule has 0 bridgehead atoms. The third-order valence-corrected chi connectivity index (χ3v) is 4.36. The number of nitrogens with zero attached hydrogens (tertiary/aromatic N) is 3. The molecule has 1 rings (SSSR count). The fourth-order valence-electron chi connectivity index (χ4n) is 1.31. The molecular weight excluding hydrogens is 407 g/mol. The first kappa shape index (κ1) is 19.5. The minimum Gasteiger partial charge on any atom is -0.258 e. The number of hydrogen-bond donors (Lipinski definition) is 0. The predicted octanol–water partition coefficient (Wildman–Crippen LogP) is 4.53. The van der Waals surface area contributed by atoms with Gasteiger partial charge in [-0.15, -0.1) is 0 Å². The molecule has 23 heavy (non-hydrogen) atoms. The molecule has 0 aliphatic rings. The fraction of sp³-hybridized carbons (Fsp3) is 0.222. The monoisotopic (exact) mass is 407 g/mol. The van der Waals surface area contributed by atoms with Crippen LogP contribution in [-0.2, 0) is 4.79 Å². The molecule has 14 heteroatoms. The van der Waals surface area contributed by atoms with Crippen molar-refractivity contribution in [3.8, 4) is 0 Å². The summed E-state index contributed by atoms with van der Waals surface area (Å²) in [4.78, 5) is 32.0. The van der Waals surface area contributed by atoms with Crippen molar-refractivity contribution in [2.24, 2.45) is 4.99 Å². The standard InChI is InChI=1S/C9H2Cl3F2N3O5S/c10-8(11,12)9(13,14)23-5-2-1-4(16(19)20)6(15-3-18)7(5)17(21)22/h1-2H. The molecule has 0 unspecified atom stereocenters. The van der Waals surface area contributed by atoms with Gasteiger partial charge in [-0.05, 0) is 17.8 Å². The Hall–Kier alpha value is -1.52. The summed E-state index contributed by atoms with van der Waals surface area (Å²) in [6.07, 6.45) is 0.886. The van der Waals surface area contributed by atoms with E-state index >= 15 is 0 Å². The quantitative estimate of drug-likeness (QED) is 0.176. The molecule has 0 fully saturated rings. The highest BCUT2D eigenvalue weighted by Gasteiger charge is 2.53. The molecule has 0 aromatic heterocycles. The molecule has 0 N–H and O–H groups in total. The van der Waals surface area contributed by atoms with Crippen molar-refractivity contribution in [2.45, 2.75) is 13.9 Å². The third-order valence-electron chi connectivity index (χ3n) is 2.20. The van der Waals surface area contributed by atoms with E-state index < -0.39 is 52.6 Å². The number of benzene rings is 1. The average Bonchev–Trinajstić information content (AvgIpc) is 2.36. The van der Waals surface area contributed by atoms with Crippen LogP contribution in [0.1, 0.15) is 0 Å². The van der Waals surface area contributed by atoms with Crippen LogP contribution in [0.3, 0.4) is 0 Å². The Morgan fingerprint density at radius 1 is 1.17 bits per heavy atom. The minimum atomic E-state index is -4.11. The van der Waals surface area contributed by atoms with E-state index in [9.17, 15) is 33.8 Å². The number of rotatable bonds is 5. The number of hydrogen-bond acceptors (Lipinski definition) is 7. The second-order valence-electron chi connectivity index (χ2n) is 3.61. The van der Waals surface area contributed by atoms with Crippen LogP contribution < -0.4 is 0 Å². The number of nitro groups is 2. The Bertz CT molecular complexity index is 721. The first-order valence-corrected chi connectivity index (χ1v) is 7.04. The van der Waals surface area contributed by atoms with Gasteiger partial charge in [0.15, 0.2) is 0 Å². The normalized spacial score (nSPS) is 11.7. The van der Waals surface area contributed by atoms with E-state index in [1.165, 1.54) is 0 Å². The van der Waals surface area contributed by atoms with Crippen LogP contribution in [0.5, 0.6) is 0 Å². The SMILES string of the molecule is O=C=Nc1c([N+](=O)[O-])ccc(SC(F)(F)C(Cl)(Cl)Cl)c1[N+](=O)[O-]. The Balaban J connectivity index is 3.63. The van der Waals surface area contributed by atoms with Gasteiger partial charge in [0.05, 0.1) is 14.7 Å². The molecule has 8 nitrogen and oxygen atoms in total. The molecule has 0 heterocycles. The summed E-state index contributed by atoms with van der Waals surface area (Å²) in [5.74, 6) is 0. The van der Waals surface area contributed by atoms with Gasteiger partial charge in [0.2, 0.25) is 11.8 Å². The van der Waals surface area contributed by atoms with Crippen molar-refractivity contribution in [1.82, 2.24) is 0 Å². The van der Waals surface area contributed by atoms with Gasteiger partial charge in [-0.1, -0.05) is 34.8 Å². The van der Waals surface area contributed by atoms with E-state index in [1.54, 1.807) is 0 Å². The smallest absolute Gasteiger partial charge is 0.258 e. The second kappa shape index (κ2) is 6.93. The van der Waals surface area contributed by atoms with E-state index in [0.29, 0.717) is 12.1 Å². The Labute approximate surface area is 144 Å². The van der Waals surface area contributed by atoms with Gasteiger partial charge in [-0.2, -0.15) is 13.8 Å². The maximum absolute atomic E-state index is 13.7. The van der Waals surface area contributed by atoms with Crippen molar-refractivity contribution in [3.05, 3.63) is 32.4 Å². The fourth-order valence-corrected chi connectivity index (χ4v) is 2.45. The van der Waals surface area contributed by atoms with Crippen molar-refractivity contribution >= 4 is 69.7 Å². The Kier molecular flexibility index (Phi) is 5.89. The molecule has 0 spiro atoms. The number of aliphatic imine (C=N–C) groups is 1. The highest BCUT2D eigenvalue weighted by molar-refractivity contribution is 8.00. The molecule has 0 aliphatic heterocycles. The maximum atomic E-state index is 13.7. The lowest BCUT2D eigenvalue weighted by Crippen LogP contribution is -2.29. The molecule has 0 radical (unpaired) electrons. The summed E-state index contributed by atoms with van der Waals surface area (Å²) in [5, 5.41) is 17.8. The molecule has 0 amide bonds. The van der Waals surface area contributed by atoms with Crippen LogP contribution >= 0.6 is 46.6 Å². The zero-order valence-corrected chi connectivity index (χ0v) is 13.4. The van der Waals surface area contributed by atoms with E-state index in [2.05, 4.69) is 4.99 Å². The number of nitro benzene ring substituents is 2. The van der Waals surface area contributed by atoms with Gasteiger partial charge in [-0.3, -0.25) is 20.2 Å². The summed E-state index contributed by atoms with van der Waals surface area (Å²) in [5.41, 5.74) is -3.19. The number of carbonyl (C=O) groups excluding carboxylic acids is 1. The van der Waals surface area contributed by atoms with E-state index in [-0.39, 0.29) is 0 Å². The lowest BCUT2D eigenvalue weighted by atomic mass is 10.2. The maximum Gasteiger partial charge on any atom is 0.344 e. The van der Waals surface area contributed by atoms with Gasteiger partial charge in [0.1, 0.15) is 0 Å². The van der Waals surface area contributed by atoms with Crippen LogP contribution in [0, 0.1) is 20.2 Å². The molecule has 0 saturated carbocycles. The summed E-state index contributed by atoms with van der Waals surface area (Å²) in [7, 11) is 0. The molecule has 0 atom stereocenters. The van der Waals surface area contributed by atoms with Gasteiger partial charge in [0.25, 0.3) is 3.79 Å². The van der Waals surface area contributed by atoms with Crippen molar-refractivity contribution in [3.63, 3.8) is 0 Å². The number of isocyanates is 1. The highest BCUT2D eigenvalue weighted by atomic mass is 35.6. The average molecular weight is 409 g/mol. The minimum absolute atomic E-state index is 0.515. The largest absolute Gasteiger partial charge is 0.344 e. The van der Waals surface area contributed by atoms with E-state index in [1.807, 2.05) is 0 Å². The molecule has 0 aliphatic carbocycles. The van der Waals surface area contributed by atoms with Gasteiger partial charge < -0.3 is 0 Å². The van der Waals surface area contributed by atoms with Gasteiger partial charge >= 0.3 is 16.6 Å². The summed E-state index contributed by atoms with van der Waals surface area (Å²) < 4.78 is 24.4. The van der Waals surface area contributed by atoms with Crippen molar-refractivity contribution in [1.29, 1.82) is 0 Å². The topological polar surface area (TPSA) is 116 Å². The third kappa shape index (κ3) is 4.27. The van der Waals surface area contributed by atoms with Crippen LogP contribution in [0.4, 0.5) is 25.8 Å². The lowest BCUT2D eigenvalue weighted by Gasteiger charge is -2.22. The van der Waals surface area contributed by atoms with Gasteiger partial charge in [-0.25, -0.2) is 4.79 Å². The molecule has 1 aromatic rings. The molecular formula is C9H2Cl3F2N3O5S. The molecule has 124 valence electrons. The van der Waals surface area contributed by atoms with Crippen LogP contribution in [0.2, 0.25) is 0 Å². The zero-order chi connectivity index (χ0) is 18.0. The number of alkyl halides is 5. The van der Waals surface area contributed by atoms with E-state index in [4.69, 9.17) is 34.8 Å². The lowest BCUT2D eigenvalue weighted by molar-refractivity contribution is -0.394. The van der Waals surface area contributed by atoms with Crippen LogP contribution in [0.25, 0.3) is 0 Å². The summed E-state index contributed by atoms with van der Waals surface area (Å²) >= 11 is 14.7. The summed E-state index contributed by atoms with van der Waals surface area (Å²) in [6, 6.07) is 1.31. The summed E-state index contributed by atoms with van der Waals surface area (Å²) in [6.45, 7) is 0. The number of thioether (sulfide) groups is 1. The Morgan fingerprint density at radius 2 is 1.74 bits per heavy atom. The van der Waals surface area contributed by atoms with Crippen LogP contribution in [0.15, 0.2) is 22.0 Å². The highest BCUT2D eigenvalue weighted by Crippen LogP contribution is 2.55.